The Morgan fingerprint density at radius 1 is 0.344 bits per heavy atom. The monoisotopic (exact) mass is 1790 g/mol. The number of aromatic nitrogens is 13. The minimum atomic E-state index is -0.0681. The number of Topliss-reactive ketones (excluding diaryl/α,β-unsaturated/α-hetero) is 5. The maximum atomic E-state index is 13.0. The van der Waals surface area contributed by atoms with Gasteiger partial charge in [-0.2, -0.15) is 0 Å². The van der Waals surface area contributed by atoms with Crippen LogP contribution in [0.4, 0.5) is 28.8 Å². The summed E-state index contributed by atoms with van der Waals surface area (Å²) in [6.45, 7) is 24.8. The van der Waals surface area contributed by atoms with Gasteiger partial charge in [0.2, 0.25) is 29.5 Å². The summed E-state index contributed by atoms with van der Waals surface area (Å²) in [5.41, 5.74) is 8.62. The Morgan fingerprint density at radius 2 is 0.649 bits per heavy atom. The van der Waals surface area contributed by atoms with Crippen molar-refractivity contribution in [3.05, 3.63) is 166 Å². The number of hydrogen-bond acceptors (Lipinski definition) is 24. The van der Waals surface area contributed by atoms with E-state index in [0.29, 0.717) is 102 Å². The number of hydrogen-bond donors (Lipinski definition) is 10. The van der Waals surface area contributed by atoms with E-state index in [-0.39, 0.29) is 149 Å². The number of ether oxygens (including phenoxy) is 1. The Morgan fingerprint density at radius 3 is 1.02 bits per heavy atom. The number of ketones is 5. The van der Waals surface area contributed by atoms with Crippen LogP contribution < -0.4 is 26.6 Å². The smallest absolute Gasteiger partial charge is 0.246 e. The predicted molar refractivity (Wildman–Crippen MR) is 514 cm³/mol. The fraction of sp³-hybridized carbons (Fsp3) is 0.464. The molecule has 0 aromatic carbocycles. The zero-order valence-corrected chi connectivity index (χ0v) is 71.1. The van der Waals surface area contributed by atoms with Gasteiger partial charge in [-0.25, -0.2) is 39.9 Å². The van der Waals surface area contributed by atoms with Gasteiger partial charge in [0.05, 0.1) is 39.6 Å². The molecule has 5 saturated heterocycles. The summed E-state index contributed by atoms with van der Waals surface area (Å²) in [4.78, 5) is 181. The van der Waals surface area contributed by atoms with Crippen molar-refractivity contribution in [3.63, 3.8) is 0 Å². The molecule has 0 bridgehead atoms. The molecule has 5 aliphatic heterocycles. The molecular formula is C97H129N23O11. The maximum absolute atomic E-state index is 13.0. The fourth-order valence-corrected chi connectivity index (χ4v) is 17.5. The lowest BCUT2D eigenvalue weighted by molar-refractivity contribution is -0.130. The van der Waals surface area contributed by atoms with Crippen LogP contribution in [-0.4, -0.2) is 257 Å². The SMILES string of the molecule is C.C.C.C.C.C=CC(=O)N1CC(Nc2ncnc3[nH]cc(C(=O)C4CC4)c23)C1.C=CC(=O)N1CCC(Nc2ccnc3[nH]cc(C(=O)C4CC4)c23)CC1.C=CC(=O)N1CCC[C@@H](Nc2ccnc3[nH]cc(C(=O)C4CC4)c23)C1.C=CC(=O)N1CCC[C@@H](Nc2ncnc3[nH]cc(C(=O)C4CCCC4)c23)C1.C=CC(=O)N1CCC[C@@H](Nc2ncnc3[nH]cc(C(=O)CCOC)c23)C1. The summed E-state index contributed by atoms with van der Waals surface area (Å²) in [7, 11) is 1.57. The van der Waals surface area contributed by atoms with Crippen LogP contribution in [0.5, 0.6) is 0 Å². The van der Waals surface area contributed by atoms with Gasteiger partial charge in [-0.15, -0.1) is 0 Å². The number of pyridine rings is 2. The summed E-state index contributed by atoms with van der Waals surface area (Å²) in [6, 6.07) is 4.54. The molecule has 9 aliphatic rings. The first-order valence-electron chi connectivity index (χ1n) is 43.8. The first-order valence-corrected chi connectivity index (χ1v) is 43.8. The van der Waals surface area contributed by atoms with Crippen LogP contribution in [0.15, 0.2) is 138 Å². The molecule has 34 nitrogen and oxygen atoms in total. The Kier molecular flexibility index (Phi) is 34.8. The molecular weight excluding hydrogens is 1660 g/mol. The van der Waals surface area contributed by atoms with Crippen molar-refractivity contribution < 1.29 is 52.7 Å². The van der Waals surface area contributed by atoms with Crippen LogP contribution in [0.3, 0.4) is 0 Å². The molecule has 5 amide bonds. The minimum absolute atomic E-state index is 0. The van der Waals surface area contributed by atoms with Crippen molar-refractivity contribution in [3.8, 4) is 0 Å². The average molecular weight is 1790 g/mol. The van der Waals surface area contributed by atoms with Gasteiger partial charge < -0.3 is 80.7 Å². The highest BCUT2D eigenvalue weighted by Crippen LogP contribution is 2.41. The molecule has 9 fully saturated rings. The molecule has 10 aromatic heterocycles. The highest BCUT2D eigenvalue weighted by Gasteiger charge is 2.38. The topological polar surface area (TPSA) is 438 Å². The molecule has 4 saturated carbocycles. The van der Waals surface area contributed by atoms with Crippen LogP contribution in [0.2, 0.25) is 0 Å². The van der Waals surface area contributed by atoms with Gasteiger partial charge in [-0.05, 0) is 145 Å². The van der Waals surface area contributed by atoms with Gasteiger partial charge in [0.15, 0.2) is 28.9 Å². The number of methoxy groups -OCH3 is 1. The van der Waals surface area contributed by atoms with E-state index < -0.39 is 0 Å². The number of piperidine rings is 4. The molecule has 10 N–H and O–H groups in total. The number of rotatable bonds is 27. The lowest BCUT2D eigenvalue weighted by Crippen LogP contribution is -2.56. The van der Waals surface area contributed by atoms with Crippen molar-refractivity contribution in [2.24, 2.45) is 23.7 Å². The molecule has 19 rings (SSSR count). The third-order valence-electron chi connectivity index (χ3n) is 24.8. The van der Waals surface area contributed by atoms with E-state index in [9.17, 15) is 47.9 Å². The van der Waals surface area contributed by atoms with Crippen molar-refractivity contribution in [2.45, 2.75) is 189 Å². The van der Waals surface area contributed by atoms with Gasteiger partial charge in [-0.1, -0.05) is 82.9 Å². The third kappa shape index (κ3) is 23.4. The number of nitrogens with zero attached hydrogens (tertiary/aromatic N) is 13. The number of anilines is 5. The second kappa shape index (κ2) is 45.7. The molecule has 0 radical (unpaired) electrons. The summed E-state index contributed by atoms with van der Waals surface area (Å²) in [5, 5.41) is 21.2. The highest BCUT2D eigenvalue weighted by molar-refractivity contribution is 6.16. The number of nitrogens with one attached hydrogen (secondary N) is 10. The number of amides is 5. The normalized spacial score (nSPS) is 18.2. The highest BCUT2D eigenvalue weighted by atomic mass is 16.5. The second-order valence-corrected chi connectivity index (χ2v) is 33.6. The molecule has 0 unspecified atom stereocenters. The Balaban J connectivity index is 0.000000169. The maximum Gasteiger partial charge on any atom is 0.246 e. The number of fused-ring (bicyclic) bond motifs is 5. The standard InChI is InChI=1S/C20H25N5O2.2C19H22N4O2.C18H23N5O3.C16H17N5O2.5CH4/c1-2-16(26)25-9-5-8-14(11-25)24-20-17-15(10-21-19(17)22-12-23-20)18(27)13-6-3-4-7-13;1-2-16(24)23-9-6-13(7-10-23)22-15-5-8-20-19-17(15)14(11-21-19)18(25)12-3-4-12;1-2-16(24)23-9-3-4-13(11-23)22-15-7-8-20-19-17(15)14(10-21-19)18(25)12-5-6-12;1-3-15(25)23-7-4-5-12(10-23)22-18-16-13(14(24)6-8-26-2)9-19-17(16)20-11-21-18;1-2-12(22)21-6-10(7-21)20-16-13-11(14(23)9-3-4-9)5-17-15(13)18-8-19-16;;;;;/h2,10,12-14H,1,3-9,11H2,(H2,21,22,23,24);2,5,8,11-13H,1,3-4,6-7,9-10H2,(H2,20,21,22);2,7-8,10,12-13H,1,3-6,9,11H2,(H2,20,21,22);3,9,11-12H,1,4-8,10H2,2H3,(H2,19,20,21,22);2,5,8-10H,1,3-4,6-7H2,(H2,17,18,19,20);5*1H4/t14-;;13-;12-;;;;;;/m1.11....../s1. The van der Waals surface area contributed by atoms with Crippen molar-refractivity contribution in [2.75, 3.05) is 106 Å². The fourth-order valence-electron chi connectivity index (χ4n) is 17.5. The zero-order chi connectivity index (χ0) is 88.1. The van der Waals surface area contributed by atoms with E-state index in [1.165, 1.54) is 49.4 Å². The van der Waals surface area contributed by atoms with Crippen molar-refractivity contribution in [1.82, 2.24) is 89.3 Å². The molecule has 10 aromatic rings. The van der Waals surface area contributed by atoms with E-state index in [1.807, 2.05) is 21.9 Å². The Bertz CT molecular complexity index is 5770. The molecule has 34 heteroatoms. The van der Waals surface area contributed by atoms with Crippen LogP contribution in [-0.2, 0) is 28.7 Å². The van der Waals surface area contributed by atoms with Crippen LogP contribution in [0, 0.1) is 23.7 Å². The van der Waals surface area contributed by atoms with E-state index in [2.05, 4.69) is 124 Å². The molecule has 0 spiro atoms. The van der Waals surface area contributed by atoms with Crippen LogP contribution in [0.25, 0.3) is 55.2 Å². The molecule has 15 heterocycles. The zero-order valence-electron chi connectivity index (χ0n) is 71.1. The van der Waals surface area contributed by atoms with Crippen LogP contribution in [0.1, 0.15) is 211 Å². The lowest BCUT2D eigenvalue weighted by Gasteiger charge is -2.39. The summed E-state index contributed by atoms with van der Waals surface area (Å²) in [6.07, 6.45) is 41.1. The van der Waals surface area contributed by atoms with Crippen molar-refractivity contribution >= 4 is 142 Å². The first-order chi connectivity index (χ1) is 61.3. The number of carbonyl (C=O) groups is 10. The molecule has 131 heavy (non-hydrogen) atoms. The van der Waals surface area contributed by atoms with Gasteiger partial charge in [0, 0.05) is 209 Å². The Labute approximate surface area is 764 Å². The lowest BCUT2D eigenvalue weighted by atomic mass is 9.96. The van der Waals surface area contributed by atoms with Gasteiger partial charge >= 0.3 is 0 Å². The van der Waals surface area contributed by atoms with Crippen LogP contribution >= 0.6 is 0 Å². The number of likely N-dealkylation sites (tertiary alicyclic amines) is 5. The van der Waals surface area contributed by atoms with E-state index in [1.54, 1.807) is 65.2 Å². The number of carbonyl (C=O) groups excluding carboxylic acids is 10. The van der Waals surface area contributed by atoms with E-state index in [0.717, 1.165) is 204 Å². The van der Waals surface area contributed by atoms with Gasteiger partial charge in [-0.3, -0.25) is 47.9 Å². The van der Waals surface area contributed by atoms with E-state index in [4.69, 9.17) is 4.74 Å². The number of H-pyrrole nitrogens is 5. The van der Waals surface area contributed by atoms with Gasteiger partial charge in [0.25, 0.3) is 0 Å². The second-order valence-electron chi connectivity index (χ2n) is 33.6. The predicted octanol–water partition coefficient (Wildman–Crippen LogP) is 14.7. The first kappa shape index (κ1) is 99.8. The Hall–Kier alpha value is -13.4. The third-order valence-corrected chi connectivity index (χ3v) is 24.8. The summed E-state index contributed by atoms with van der Waals surface area (Å²) in [5.74, 6) is 3.04. The molecule has 3 atom stereocenters. The quantitative estimate of drug-likeness (QED) is 0.0169. The summed E-state index contributed by atoms with van der Waals surface area (Å²) >= 11 is 0. The largest absolute Gasteiger partial charge is 0.384 e. The molecule has 698 valence electrons. The van der Waals surface area contributed by atoms with Gasteiger partial charge in [0.1, 0.15) is 64.7 Å². The number of aromatic amines is 5. The minimum Gasteiger partial charge on any atom is -0.384 e. The summed E-state index contributed by atoms with van der Waals surface area (Å²) < 4.78 is 5.00. The molecule has 4 aliphatic carbocycles. The van der Waals surface area contributed by atoms with E-state index >= 15 is 0 Å². The van der Waals surface area contributed by atoms with Crippen molar-refractivity contribution in [1.29, 1.82) is 0 Å². The average Bonchev–Trinajstić information content (AvgIpc) is 1.65.